The summed E-state index contributed by atoms with van der Waals surface area (Å²) in [6.45, 7) is 5.65. The lowest BCUT2D eigenvalue weighted by molar-refractivity contribution is 0.0937. The number of aromatic nitrogens is 3. The van der Waals surface area contributed by atoms with Crippen molar-refractivity contribution < 1.29 is 4.74 Å². The number of para-hydroxylation sites is 1. The number of hydrogen-bond donors (Lipinski definition) is 0. The maximum absolute atomic E-state index is 13.1. The molecule has 1 aliphatic rings. The third-order valence-electron chi connectivity index (χ3n) is 4.65. The molecule has 0 saturated carbocycles. The second kappa shape index (κ2) is 8.12. The van der Waals surface area contributed by atoms with E-state index < -0.39 is 0 Å². The van der Waals surface area contributed by atoms with Crippen molar-refractivity contribution in [2.75, 3.05) is 6.61 Å². The van der Waals surface area contributed by atoms with E-state index in [1.54, 1.807) is 27.7 Å². The Morgan fingerprint density at radius 2 is 2.19 bits per heavy atom. The summed E-state index contributed by atoms with van der Waals surface area (Å²) in [5.74, 6) is 1.14. The summed E-state index contributed by atoms with van der Waals surface area (Å²) in [6.07, 6.45) is 2.14. The highest BCUT2D eigenvalue weighted by atomic mass is 32.2. The van der Waals surface area contributed by atoms with Crippen molar-refractivity contribution in [1.82, 2.24) is 14.5 Å². The molecule has 7 heteroatoms. The van der Waals surface area contributed by atoms with Gasteiger partial charge in [-0.05, 0) is 25.0 Å². The van der Waals surface area contributed by atoms with Gasteiger partial charge in [-0.3, -0.25) is 9.36 Å². The summed E-state index contributed by atoms with van der Waals surface area (Å²) in [6, 6.07) is 7.55. The Kier molecular flexibility index (Phi) is 5.61. The predicted molar refractivity (Wildman–Crippen MR) is 111 cm³/mol. The molecule has 0 radical (unpaired) electrons. The molecule has 4 rings (SSSR count). The first-order valence-electron chi connectivity index (χ1n) is 9.30. The van der Waals surface area contributed by atoms with Gasteiger partial charge in [0.05, 0.1) is 34.3 Å². The number of rotatable bonds is 6. The molecule has 1 aromatic carbocycles. The number of fused-ring (bicyclic) bond motifs is 1. The molecule has 2 aromatic heterocycles. The summed E-state index contributed by atoms with van der Waals surface area (Å²) in [5, 5.41) is 4.66. The average molecular weight is 402 g/mol. The van der Waals surface area contributed by atoms with E-state index in [4.69, 9.17) is 14.7 Å². The molecule has 27 heavy (non-hydrogen) atoms. The zero-order valence-corrected chi connectivity index (χ0v) is 17.2. The summed E-state index contributed by atoms with van der Waals surface area (Å²) in [7, 11) is 0. The van der Waals surface area contributed by atoms with E-state index in [-0.39, 0.29) is 11.7 Å². The second-order valence-corrected chi connectivity index (χ2v) is 8.91. The Bertz CT molecular complexity index is 990. The SMILES string of the molecule is CC(C)c1nc(CSc2nc3ccccc3c(=O)n2CC2CCCO2)cs1. The molecule has 0 N–H and O–H groups in total. The van der Waals surface area contributed by atoms with Gasteiger partial charge in [0, 0.05) is 23.7 Å². The van der Waals surface area contributed by atoms with Crippen LogP contribution in [0.2, 0.25) is 0 Å². The lowest BCUT2D eigenvalue weighted by Gasteiger charge is -2.16. The Morgan fingerprint density at radius 1 is 1.33 bits per heavy atom. The Labute approximate surface area is 166 Å². The number of benzene rings is 1. The van der Waals surface area contributed by atoms with Crippen LogP contribution in [-0.2, 0) is 17.0 Å². The van der Waals surface area contributed by atoms with Crippen LogP contribution in [0.3, 0.4) is 0 Å². The average Bonchev–Trinajstić information content (AvgIpc) is 3.34. The molecular formula is C20H23N3O2S2. The van der Waals surface area contributed by atoms with Crippen molar-refractivity contribution in [2.24, 2.45) is 0 Å². The minimum absolute atomic E-state index is 0.0137. The first-order valence-corrected chi connectivity index (χ1v) is 11.2. The zero-order valence-electron chi connectivity index (χ0n) is 15.6. The fraction of sp³-hybridized carbons (Fsp3) is 0.450. The molecule has 0 spiro atoms. The van der Waals surface area contributed by atoms with Crippen molar-refractivity contribution in [2.45, 2.75) is 56.2 Å². The summed E-state index contributed by atoms with van der Waals surface area (Å²) in [4.78, 5) is 22.6. The van der Waals surface area contributed by atoms with Crippen LogP contribution in [0.1, 0.15) is 43.3 Å². The number of thiazole rings is 1. The molecule has 1 unspecified atom stereocenters. The van der Waals surface area contributed by atoms with Crippen molar-refractivity contribution in [3.63, 3.8) is 0 Å². The quantitative estimate of drug-likeness (QED) is 0.451. The third kappa shape index (κ3) is 4.10. The lowest BCUT2D eigenvalue weighted by atomic mass is 10.2. The van der Waals surface area contributed by atoms with Crippen LogP contribution in [0.5, 0.6) is 0 Å². The zero-order chi connectivity index (χ0) is 18.8. The number of nitrogens with zero attached hydrogens (tertiary/aromatic N) is 3. The largest absolute Gasteiger partial charge is 0.376 e. The molecule has 3 heterocycles. The highest BCUT2D eigenvalue weighted by Crippen LogP contribution is 2.26. The third-order valence-corrected chi connectivity index (χ3v) is 6.85. The van der Waals surface area contributed by atoms with Gasteiger partial charge < -0.3 is 4.74 Å². The monoisotopic (exact) mass is 401 g/mol. The van der Waals surface area contributed by atoms with Crippen molar-refractivity contribution in [3.8, 4) is 0 Å². The Morgan fingerprint density at radius 3 is 2.93 bits per heavy atom. The highest BCUT2D eigenvalue weighted by Gasteiger charge is 2.20. The van der Waals surface area contributed by atoms with Crippen molar-refractivity contribution in [1.29, 1.82) is 0 Å². The van der Waals surface area contributed by atoms with E-state index in [9.17, 15) is 4.79 Å². The molecule has 1 fully saturated rings. The molecule has 0 amide bonds. The lowest BCUT2D eigenvalue weighted by Crippen LogP contribution is -2.28. The number of ether oxygens (including phenoxy) is 1. The van der Waals surface area contributed by atoms with Crippen LogP contribution < -0.4 is 5.56 Å². The summed E-state index contributed by atoms with van der Waals surface area (Å²) >= 11 is 3.27. The van der Waals surface area contributed by atoms with Gasteiger partial charge >= 0.3 is 0 Å². The summed E-state index contributed by atoms with van der Waals surface area (Å²) in [5.41, 5.74) is 1.80. The maximum atomic E-state index is 13.1. The van der Waals surface area contributed by atoms with Gasteiger partial charge in [-0.25, -0.2) is 9.97 Å². The smallest absolute Gasteiger partial charge is 0.262 e. The number of thioether (sulfide) groups is 1. The van der Waals surface area contributed by atoms with Crippen molar-refractivity contribution in [3.05, 3.63) is 50.7 Å². The molecule has 5 nitrogen and oxygen atoms in total. The molecular weight excluding hydrogens is 378 g/mol. The minimum atomic E-state index is 0.0137. The molecule has 1 saturated heterocycles. The standard InChI is InChI=1S/C20H23N3O2S2/c1-13(2)18-21-14(11-26-18)12-27-20-22-17-8-4-3-7-16(17)19(24)23(20)10-15-6-5-9-25-15/h3-4,7-8,11,13,15H,5-6,9-10,12H2,1-2H3. The Balaban J connectivity index is 1.65. The normalized spacial score (nSPS) is 17.2. The molecule has 1 atom stereocenters. The van der Waals surface area contributed by atoms with Crippen LogP contribution in [0.4, 0.5) is 0 Å². The van der Waals surface area contributed by atoms with Gasteiger partial charge in [0.2, 0.25) is 0 Å². The van der Waals surface area contributed by atoms with E-state index >= 15 is 0 Å². The Hall–Kier alpha value is -1.70. The van der Waals surface area contributed by atoms with Gasteiger partial charge in [-0.2, -0.15) is 0 Å². The van der Waals surface area contributed by atoms with E-state index in [0.717, 1.165) is 40.8 Å². The predicted octanol–water partition coefficient (Wildman–Crippen LogP) is 4.45. The van der Waals surface area contributed by atoms with E-state index in [1.807, 2.05) is 24.3 Å². The van der Waals surface area contributed by atoms with Crippen LogP contribution in [0.15, 0.2) is 39.6 Å². The summed E-state index contributed by atoms with van der Waals surface area (Å²) < 4.78 is 7.55. The van der Waals surface area contributed by atoms with Gasteiger partial charge in [-0.1, -0.05) is 37.7 Å². The van der Waals surface area contributed by atoms with Gasteiger partial charge in [-0.15, -0.1) is 11.3 Å². The van der Waals surface area contributed by atoms with Crippen LogP contribution in [-0.4, -0.2) is 27.2 Å². The fourth-order valence-electron chi connectivity index (χ4n) is 3.20. The fourth-order valence-corrected chi connectivity index (χ4v) is 5.04. The molecule has 0 bridgehead atoms. The van der Waals surface area contributed by atoms with E-state index in [1.165, 1.54) is 0 Å². The van der Waals surface area contributed by atoms with Crippen LogP contribution in [0, 0.1) is 0 Å². The molecule has 0 aliphatic carbocycles. The van der Waals surface area contributed by atoms with Gasteiger partial charge in [0.15, 0.2) is 5.16 Å². The van der Waals surface area contributed by atoms with Crippen LogP contribution >= 0.6 is 23.1 Å². The van der Waals surface area contributed by atoms with Crippen LogP contribution in [0.25, 0.3) is 10.9 Å². The van der Waals surface area contributed by atoms with Gasteiger partial charge in [0.1, 0.15) is 0 Å². The maximum Gasteiger partial charge on any atom is 0.262 e. The number of hydrogen-bond acceptors (Lipinski definition) is 6. The molecule has 1 aliphatic heterocycles. The van der Waals surface area contributed by atoms with E-state index in [2.05, 4.69) is 19.2 Å². The second-order valence-electron chi connectivity index (χ2n) is 7.08. The van der Waals surface area contributed by atoms with Gasteiger partial charge in [0.25, 0.3) is 5.56 Å². The first-order chi connectivity index (χ1) is 13.1. The minimum Gasteiger partial charge on any atom is -0.376 e. The highest BCUT2D eigenvalue weighted by molar-refractivity contribution is 7.98. The van der Waals surface area contributed by atoms with Crippen molar-refractivity contribution >= 4 is 34.0 Å². The molecule has 3 aromatic rings. The molecule has 142 valence electrons. The van der Waals surface area contributed by atoms with E-state index in [0.29, 0.717) is 23.6 Å². The first kappa shape index (κ1) is 18.7. The topological polar surface area (TPSA) is 57.0 Å².